The molecule has 0 spiro atoms. The van der Waals surface area contributed by atoms with E-state index in [9.17, 15) is 13.2 Å². The minimum atomic E-state index is -3.52. The minimum absolute atomic E-state index is 0.112. The van der Waals surface area contributed by atoms with Crippen molar-refractivity contribution in [2.75, 3.05) is 18.4 Å². The van der Waals surface area contributed by atoms with Gasteiger partial charge in [0, 0.05) is 38.6 Å². The minimum Gasteiger partial charge on any atom is -0.356 e. The van der Waals surface area contributed by atoms with E-state index >= 15 is 0 Å². The number of hydrogen-bond acceptors (Lipinski definition) is 4. The van der Waals surface area contributed by atoms with Crippen LogP contribution in [0.4, 0.5) is 5.82 Å². The van der Waals surface area contributed by atoms with E-state index in [-0.39, 0.29) is 10.6 Å². The molecule has 0 atom stereocenters. The normalized spacial score (nSPS) is 16.0. The lowest BCUT2D eigenvalue weighted by molar-refractivity contribution is 0.102. The van der Waals surface area contributed by atoms with Crippen molar-refractivity contribution in [3.63, 3.8) is 0 Å². The Labute approximate surface area is 128 Å². The van der Waals surface area contributed by atoms with Gasteiger partial charge in [0.15, 0.2) is 5.82 Å². The molecule has 3 rings (SSSR count). The number of nitrogens with zero attached hydrogens (tertiary/aromatic N) is 3. The average molecular weight is 323 g/mol. The third-order valence-corrected chi connectivity index (χ3v) is 5.44. The lowest BCUT2D eigenvalue weighted by Crippen LogP contribution is -2.27. The molecule has 2 aromatic heterocycles. The van der Waals surface area contributed by atoms with Crippen molar-refractivity contribution in [1.29, 1.82) is 0 Å². The molecule has 118 valence electrons. The van der Waals surface area contributed by atoms with Crippen LogP contribution >= 0.6 is 0 Å². The molecule has 0 saturated carbocycles. The van der Waals surface area contributed by atoms with Crippen LogP contribution in [-0.4, -0.2) is 46.5 Å². The molecule has 0 bridgehead atoms. The van der Waals surface area contributed by atoms with Gasteiger partial charge in [-0.1, -0.05) is 0 Å². The molecule has 3 heterocycles. The summed E-state index contributed by atoms with van der Waals surface area (Å²) in [6, 6.07) is 3.01. The smallest absolute Gasteiger partial charge is 0.273 e. The fourth-order valence-electron chi connectivity index (χ4n) is 2.40. The van der Waals surface area contributed by atoms with E-state index in [0.29, 0.717) is 18.9 Å². The number of nitrogens with one attached hydrogen (secondary N) is 2. The molecule has 1 amide bonds. The summed E-state index contributed by atoms with van der Waals surface area (Å²) in [6.45, 7) is 1.06. The van der Waals surface area contributed by atoms with Crippen LogP contribution < -0.4 is 5.32 Å². The largest absolute Gasteiger partial charge is 0.356 e. The first-order valence-electron chi connectivity index (χ1n) is 6.96. The third kappa shape index (κ3) is 2.77. The third-order valence-electron chi connectivity index (χ3n) is 3.56. The molecule has 1 saturated heterocycles. The Balaban J connectivity index is 1.77. The Kier molecular flexibility index (Phi) is 3.75. The van der Waals surface area contributed by atoms with Gasteiger partial charge in [0.25, 0.3) is 5.91 Å². The fourth-order valence-corrected chi connectivity index (χ4v) is 3.91. The predicted octanol–water partition coefficient (Wildman–Crippen LogP) is 0.785. The molecule has 0 radical (unpaired) electrons. The number of amides is 1. The Morgan fingerprint density at radius 2 is 2.09 bits per heavy atom. The van der Waals surface area contributed by atoms with E-state index in [1.807, 2.05) is 0 Å². The molecule has 2 N–H and O–H groups in total. The first-order valence-corrected chi connectivity index (χ1v) is 8.40. The van der Waals surface area contributed by atoms with Crippen molar-refractivity contribution in [2.45, 2.75) is 17.7 Å². The second-order valence-electron chi connectivity index (χ2n) is 5.19. The number of carbonyl (C=O) groups is 1. The Morgan fingerprint density at radius 3 is 2.73 bits per heavy atom. The van der Waals surface area contributed by atoms with Crippen molar-refractivity contribution in [2.24, 2.45) is 7.05 Å². The second-order valence-corrected chi connectivity index (χ2v) is 7.13. The molecule has 1 fully saturated rings. The zero-order valence-corrected chi connectivity index (χ0v) is 12.9. The number of rotatable bonds is 4. The van der Waals surface area contributed by atoms with Crippen LogP contribution in [0.15, 0.2) is 29.4 Å². The molecular weight excluding hydrogens is 306 g/mol. The number of H-pyrrole nitrogens is 1. The number of anilines is 1. The molecule has 0 aromatic carbocycles. The maximum atomic E-state index is 12.4. The van der Waals surface area contributed by atoms with Gasteiger partial charge in [0.05, 0.1) is 0 Å². The van der Waals surface area contributed by atoms with E-state index in [1.165, 1.54) is 16.6 Å². The van der Waals surface area contributed by atoms with Gasteiger partial charge >= 0.3 is 0 Å². The van der Waals surface area contributed by atoms with Crippen molar-refractivity contribution >= 4 is 21.7 Å². The number of hydrogen-bond donors (Lipinski definition) is 2. The number of aryl methyl sites for hydroxylation is 1. The molecule has 2 aromatic rings. The Morgan fingerprint density at radius 1 is 1.36 bits per heavy atom. The monoisotopic (exact) mass is 323 g/mol. The molecule has 8 nitrogen and oxygen atoms in total. The maximum absolute atomic E-state index is 12.4. The van der Waals surface area contributed by atoms with Crippen molar-refractivity contribution in [3.05, 3.63) is 30.2 Å². The second kappa shape index (κ2) is 5.58. The average Bonchev–Trinajstić information content (AvgIpc) is 3.20. The molecule has 9 heteroatoms. The first kappa shape index (κ1) is 14.8. The van der Waals surface area contributed by atoms with Gasteiger partial charge in [-0.2, -0.15) is 9.40 Å². The summed E-state index contributed by atoms with van der Waals surface area (Å²) in [7, 11) is -1.78. The number of carbonyl (C=O) groups excluding carboxylic acids is 1. The maximum Gasteiger partial charge on any atom is 0.273 e. The Hall–Kier alpha value is -2.13. The van der Waals surface area contributed by atoms with E-state index in [2.05, 4.69) is 15.4 Å². The topological polar surface area (TPSA) is 100 Å². The van der Waals surface area contributed by atoms with Crippen LogP contribution in [0.3, 0.4) is 0 Å². The van der Waals surface area contributed by atoms with Gasteiger partial charge in [0.2, 0.25) is 10.0 Å². The molecule has 1 aliphatic rings. The van der Waals surface area contributed by atoms with Crippen LogP contribution in [0.5, 0.6) is 0 Å². The van der Waals surface area contributed by atoms with Gasteiger partial charge in [-0.05, 0) is 18.9 Å². The number of aromatic amines is 1. The quantitative estimate of drug-likeness (QED) is 0.868. The van der Waals surface area contributed by atoms with Gasteiger partial charge < -0.3 is 10.3 Å². The molecule has 22 heavy (non-hydrogen) atoms. The van der Waals surface area contributed by atoms with E-state index in [0.717, 1.165) is 12.8 Å². The van der Waals surface area contributed by atoms with Crippen LogP contribution in [0.2, 0.25) is 0 Å². The summed E-state index contributed by atoms with van der Waals surface area (Å²) >= 11 is 0. The molecular formula is C13H17N5O3S. The van der Waals surface area contributed by atoms with Gasteiger partial charge in [0.1, 0.15) is 10.6 Å². The van der Waals surface area contributed by atoms with Crippen LogP contribution in [0.25, 0.3) is 0 Å². The van der Waals surface area contributed by atoms with Gasteiger partial charge in [-0.15, -0.1) is 0 Å². The highest BCUT2D eigenvalue weighted by atomic mass is 32.2. The number of aromatic nitrogens is 3. The zero-order valence-electron chi connectivity index (χ0n) is 12.1. The van der Waals surface area contributed by atoms with Crippen LogP contribution in [0.1, 0.15) is 23.3 Å². The van der Waals surface area contributed by atoms with Crippen molar-refractivity contribution < 1.29 is 13.2 Å². The van der Waals surface area contributed by atoms with E-state index in [4.69, 9.17) is 0 Å². The van der Waals surface area contributed by atoms with Gasteiger partial charge in [-0.25, -0.2) is 8.42 Å². The summed E-state index contributed by atoms with van der Waals surface area (Å²) in [5.74, 6) is -0.0207. The predicted molar refractivity (Wildman–Crippen MR) is 79.9 cm³/mol. The Bertz CT molecular complexity index is 786. The zero-order chi connectivity index (χ0) is 15.7. The lowest BCUT2D eigenvalue weighted by Gasteiger charge is -2.13. The molecule has 0 unspecified atom stereocenters. The standard InChI is InChI=1S/C13H17N5O3S/c1-17-7-4-12(16-17)15-13(19)11-8-10(9-14-11)22(20,21)18-5-2-3-6-18/h4,7-9,14H,2-3,5-6H2,1H3,(H,15,16,19). The summed E-state index contributed by atoms with van der Waals surface area (Å²) in [5.41, 5.74) is 0.184. The van der Waals surface area contributed by atoms with Gasteiger partial charge in [-0.3, -0.25) is 9.48 Å². The summed E-state index contributed by atoms with van der Waals surface area (Å²) in [5, 5.41) is 6.64. The lowest BCUT2D eigenvalue weighted by atomic mass is 10.4. The summed E-state index contributed by atoms with van der Waals surface area (Å²) < 4.78 is 27.8. The van der Waals surface area contributed by atoms with Crippen LogP contribution in [0, 0.1) is 0 Å². The molecule has 0 aliphatic carbocycles. The molecule has 1 aliphatic heterocycles. The fraction of sp³-hybridized carbons (Fsp3) is 0.385. The number of sulfonamides is 1. The summed E-state index contributed by atoms with van der Waals surface area (Å²) in [4.78, 5) is 14.9. The highest BCUT2D eigenvalue weighted by Crippen LogP contribution is 2.21. The highest BCUT2D eigenvalue weighted by Gasteiger charge is 2.28. The van der Waals surface area contributed by atoms with Crippen molar-refractivity contribution in [1.82, 2.24) is 19.1 Å². The van der Waals surface area contributed by atoms with Crippen molar-refractivity contribution in [3.8, 4) is 0 Å². The SMILES string of the molecule is Cn1ccc(NC(=O)c2cc(S(=O)(=O)N3CCCC3)c[nH]2)n1. The summed E-state index contributed by atoms with van der Waals surface area (Å²) in [6.07, 6.45) is 4.79. The van der Waals surface area contributed by atoms with Crippen LogP contribution in [-0.2, 0) is 17.1 Å². The van der Waals surface area contributed by atoms with E-state index < -0.39 is 15.9 Å². The first-order chi connectivity index (χ1) is 10.5. The van der Waals surface area contributed by atoms with E-state index in [1.54, 1.807) is 24.0 Å². The highest BCUT2D eigenvalue weighted by molar-refractivity contribution is 7.89.